The summed E-state index contributed by atoms with van der Waals surface area (Å²) in [5.74, 6) is 0.0665. The highest BCUT2D eigenvalue weighted by Gasteiger charge is 2.23. The van der Waals surface area contributed by atoms with E-state index in [1.54, 1.807) is 30.3 Å². The first kappa shape index (κ1) is 21.9. The van der Waals surface area contributed by atoms with Crippen molar-refractivity contribution in [2.45, 2.75) is 27.1 Å². The van der Waals surface area contributed by atoms with E-state index in [2.05, 4.69) is 0 Å². The second-order valence-corrected chi connectivity index (χ2v) is 6.79. The summed E-state index contributed by atoms with van der Waals surface area (Å²) in [6.45, 7) is 2.47. The molecule has 0 aliphatic rings. The molecule has 1 aromatic heterocycles. The summed E-state index contributed by atoms with van der Waals surface area (Å²) >= 11 is 0. The van der Waals surface area contributed by atoms with Gasteiger partial charge in [-0.3, -0.25) is 9.59 Å². The van der Waals surface area contributed by atoms with E-state index in [9.17, 15) is 14.8 Å². The van der Waals surface area contributed by atoms with Crippen molar-refractivity contribution in [3.05, 3.63) is 58.9 Å². The lowest BCUT2D eigenvalue weighted by Gasteiger charge is -2.19. The zero-order valence-corrected chi connectivity index (χ0v) is 17.8. The quantitative estimate of drug-likeness (QED) is 0.325. The van der Waals surface area contributed by atoms with Crippen LogP contribution >= 0.6 is 0 Å². The normalized spacial score (nSPS) is 10.6. The molecule has 2 aromatic carbocycles. The van der Waals surface area contributed by atoms with Gasteiger partial charge >= 0.3 is 11.9 Å². The van der Waals surface area contributed by atoms with Gasteiger partial charge in [-0.25, -0.2) is 0 Å². The maximum absolute atomic E-state index is 12.7. The number of carbonyl (C=O) groups excluding carboxylic acids is 2. The number of carbonyl (C=O) groups is 2. The van der Waals surface area contributed by atoms with Crippen LogP contribution in [0.15, 0.2) is 42.6 Å². The molecule has 31 heavy (non-hydrogen) atoms. The number of ether oxygens (including phenoxy) is 4. The van der Waals surface area contributed by atoms with Crippen molar-refractivity contribution in [3.63, 3.8) is 0 Å². The van der Waals surface area contributed by atoms with Gasteiger partial charge in [-0.1, -0.05) is 0 Å². The molecule has 162 valence electrons. The molecule has 0 aliphatic carbocycles. The van der Waals surface area contributed by atoms with Gasteiger partial charge in [0.2, 0.25) is 5.69 Å². The fourth-order valence-electron chi connectivity index (χ4n) is 3.39. The van der Waals surface area contributed by atoms with Crippen LogP contribution < -0.4 is 14.2 Å². The predicted molar refractivity (Wildman–Crippen MR) is 112 cm³/mol. The molecule has 8 heteroatoms. The van der Waals surface area contributed by atoms with Gasteiger partial charge in [0.1, 0.15) is 13.2 Å². The summed E-state index contributed by atoms with van der Waals surface area (Å²) in [6, 6.07) is 10.4. The minimum atomic E-state index is -0.472. The monoisotopic (exact) mass is 425 g/mol. The van der Waals surface area contributed by atoms with Crippen molar-refractivity contribution in [1.29, 1.82) is 0 Å². The summed E-state index contributed by atoms with van der Waals surface area (Å²) in [4.78, 5) is 23.0. The van der Waals surface area contributed by atoms with Gasteiger partial charge in [-0.15, -0.1) is 0 Å². The van der Waals surface area contributed by atoms with Crippen LogP contribution in [0.3, 0.4) is 0 Å². The molecule has 0 saturated carbocycles. The Morgan fingerprint density at radius 3 is 2.19 bits per heavy atom. The maximum Gasteiger partial charge on any atom is 0.302 e. The highest BCUT2D eigenvalue weighted by molar-refractivity contribution is 5.99. The van der Waals surface area contributed by atoms with Crippen molar-refractivity contribution < 1.29 is 33.3 Å². The third-order valence-corrected chi connectivity index (χ3v) is 4.78. The summed E-state index contributed by atoms with van der Waals surface area (Å²) in [6.07, 6.45) is 1.39. The number of esters is 2. The Morgan fingerprint density at radius 1 is 0.935 bits per heavy atom. The molecule has 0 aliphatic heterocycles. The van der Waals surface area contributed by atoms with E-state index in [1.807, 2.05) is 6.07 Å². The van der Waals surface area contributed by atoms with E-state index in [4.69, 9.17) is 18.9 Å². The molecule has 0 bridgehead atoms. The van der Waals surface area contributed by atoms with E-state index >= 15 is 0 Å². The molecule has 0 spiro atoms. The smallest absolute Gasteiger partial charge is 0.302 e. The molecule has 0 saturated heterocycles. The van der Waals surface area contributed by atoms with Gasteiger partial charge in [-0.2, -0.15) is 4.73 Å². The molecular formula is C23H23NO7. The largest absolute Gasteiger partial charge is 0.618 e. The van der Waals surface area contributed by atoms with E-state index in [-0.39, 0.29) is 13.2 Å². The van der Waals surface area contributed by atoms with Gasteiger partial charge < -0.3 is 24.2 Å². The number of benzene rings is 2. The first-order valence-corrected chi connectivity index (χ1v) is 9.51. The van der Waals surface area contributed by atoms with E-state index in [0.29, 0.717) is 39.3 Å². The van der Waals surface area contributed by atoms with Crippen LogP contribution in [0, 0.1) is 5.21 Å². The lowest BCUT2D eigenvalue weighted by atomic mass is 9.91. The number of pyridine rings is 1. The maximum atomic E-state index is 12.7. The highest BCUT2D eigenvalue weighted by Crippen LogP contribution is 2.40. The number of hydrogen-bond acceptors (Lipinski definition) is 7. The standard InChI is InChI=1S/C23H23NO7/c1-14(25)30-12-17-9-16-10-21(28-3)22(29-4)11-18(16)23(19(17)13-31-15(2)26)20-7-5-6-8-24(20)27/h5-11H,12-13H2,1-4H3. The Hall–Kier alpha value is -3.81. The average Bonchev–Trinajstić information content (AvgIpc) is 2.75. The fraction of sp³-hybridized carbons (Fsp3) is 0.261. The average molecular weight is 425 g/mol. The summed E-state index contributed by atoms with van der Waals surface area (Å²) in [5.41, 5.74) is 2.07. The topological polar surface area (TPSA) is 98.0 Å². The van der Waals surface area contributed by atoms with Crippen molar-refractivity contribution in [2.24, 2.45) is 0 Å². The Morgan fingerprint density at radius 2 is 1.58 bits per heavy atom. The summed E-state index contributed by atoms with van der Waals surface area (Å²) in [7, 11) is 3.05. The number of nitrogens with zero attached hydrogens (tertiary/aromatic N) is 1. The van der Waals surface area contributed by atoms with Crippen LogP contribution in [-0.4, -0.2) is 26.2 Å². The van der Waals surface area contributed by atoms with Gasteiger partial charge in [0.25, 0.3) is 0 Å². The molecule has 0 atom stereocenters. The number of aromatic nitrogens is 1. The van der Waals surface area contributed by atoms with Crippen LogP contribution in [0.1, 0.15) is 25.0 Å². The lowest BCUT2D eigenvalue weighted by Crippen LogP contribution is -2.28. The van der Waals surface area contributed by atoms with Gasteiger partial charge in [0.15, 0.2) is 17.7 Å². The second-order valence-electron chi connectivity index (χ2n) is 6.79. The minimum Gasteiger partial charge on any atom is -0.618 e. The van der Waals surface area contributed by atoms with Crippen molar-refractivity contribution in [3.8, 4) is 22.8 Å². The van der Waals surface area contributed by atoms with Gasteiger partial charge in [-0.05, 0) is 40.6 Å². The van der Waals surface area contributed by atoms with Crippen molar-refractivity contribution >= 4 is 22.7 Å². The van der Waals surface area contributed by atoms with Gasteiger partial charge in [0, 0.05) is 31.5 Å². The molecule has 1 heterocycles. The van der Waals surface area contributed by atoms with Crippen LogP contribution in [-0.2, 0) is 32.3 Å². The molecule has 0 fully saturated rings. The molecule has 8 nitrogen and oxygen atoms in total. The molecule has 0 unspecified atom stereocenters. The molecule has 0 N–H and O–H groups in total. The zero-order valence-electron chi connectivity index (χ0n) is 17.8. The molecular weight excluding hydrogens is 402 g/mol. The second kappa shape index (κ2) is 9.34. The minimum absolute atomic E-state index is 0.0467. The summed E-state index contributed by atoms with van der Waals surface area (Å²) < 4.78 is 22.1. The Labute approximate surface area is 179 Å². The van der Waals surface area contributed by atoms with Crippen LogP contribution in [0.2, 0.25) is 0 Å². The number of rotatable bonds is 7. The van der Waals surface area contributed by atoms with Crippen molar-refractivity contribution in [1.82, 2.24) is 0 Å². The van der Waals surface area contributed by atoms with E-state index in [1.165, 1.54) is 34.3 Å². The van der Waals surface area contributed by atoms with Gasteiger partial charge in [0.05, 0.1) is 19.8 Å². The Kier molecular flexibility index (Phi) is 6.59. The van der Waals surface area contributed by atoms with E-state index in [0.717, 1.165) is 10.1 Å². The van der Waals surface area contributed by atoms with Crippen LogP contribution in [0.25, 0.3) is 22.0 Å². The first-order valence-electron chi connectivity index (χ1n) is 9.51. The first-order chi connectivity index (χ1) is 14.8. The Bertz CT molecular complexity index is 1140. The predicted octanol–water partition coefficient (Wildman–Crippen LogP) is 3.28. The molecule has 3 aromatic rings. The van der Waals surface area contributed by atoms with Crippen LogP contribution in [0.5, 0.6) is 11.5 Å². The number of methoxy groups -OCH3 is 2. The molecule has 3 rings (SSSR count). The zero-order chi connectivity index (χ0) is 22.5. The summed E-state index contributed by atoms with van der Waals surface area (Å²) in [5, 5.41) is 14.1. The number of hydrogen-bond donors (Lipinski definition) is 0. The lowest BCUT2D eigenvalue weighted by molar-refractivity contribution is -0.593. The highest BCUT2D eigenvalue weighted by atomic mass is 16.5. The van der Waals surface area contributed by atoms with Crippen molar-refractivity contribution in [2.75, 3.05) is 14.2 Å². The Balaban J connectivity index is 2.40. The SMILES string of the molecule is COc1cc2cc(COC(C)=O)c(COC(C)=O)c(-c3cccc[n+]3[O-])c2cc1OC. The third kappa shape index (κ3) is 4.69. The molecule has 0 radical (unpaired) electrons. The fourth-order valence-corrected chi connectivity index (χ4v) is 3.39. The van der Waals surface area contributed by atoms with Crippen LogP contribution in [0.4, 0.5) is 0 Å². The van der Waals surface area contributed by atoms with E-state index < -0.39 is 11.9 Å². The third-order valence-electron chi connectivity index (χ3n) is 4.78. The number of fused-ring (bicyclic) bond motifs is 1. The molecule has 0 amide bonds.